The zero-order valence-electron chi connectivity index (χ0n) is 18.8. The van der Waals surface area contributed by atoms with Crippen molar-refractivity contribution in [3.05, 3.63) is 58.1 Å². The largest absolute Gasteiger partial charge is 0.497 e. The van der Waals surface area contributed by atoms with Crippen LogP contribution in [0.4, 0.5) is 11.5 Å². The molecule has 2 aromatic heterocycles. The number of anilines is 2. The first-order chi connectivity index (χ1) is 15.9. The van der Waals surface area contributed by atoms with Crippen LogP contribution in [0.3, 0.4) is 0 Å². The second kappa shape index (κ2) is 9.27. The van der Waals surface area contributed by atoms with Gasteiger partial charge >= 0.3 is 0 Å². The van der Waals surface area contributed by atoms with Crippen LogP contribution in [0.5, 0.6) is 5.75 Å². The smallest absolute Gasteiger partial charge is 0.252 e. The zero-order chi connectivity index (χ0) is 23.5. The fraction of sp³-hybridized carbons (Fsp3) is 0.348. The molecule has 0 unspecified atom stereocenters. The summed E-state index contributed by atoms with van der Waals surface area (Å²) in [6, 6.07) is 10.3. The molecule has 0 radical (unpaired) electrons. The van der Waals surface area contributed by atoms with Gasteiger partial charge in [-0.3, -0.25) is 19.4 Å². The van der Waals surface area contributed by atoms with Crippen molar-refractivity contribution < 1.29 is 14.3 Å². The van der Waals surface area contributed by atoms with Gasteiger partial charge < -0.3 is 15.0 Å². The molecule has 0 spiro atoms. The van der Waals surface area contributed by atoms with Crippen molar-refractivity contribution in [2.24, 2.45) is 5.92 Å². The molecule has 33 heavy (non-hydrogen) atoms. The Kier molecular flexibility index (Phi) is 6.25. The van der Waals surface area contributed by atoms with E-state index in [4.69, 9.17) is 4.74 Å². The number of methoxy groups -OCH3 is 1. The van der Waals surface area contributed by atoms with E-state index < -0.39 is 5.92 Å². The highest BCUT2D eigenvalue weighted by molar-refractivity contribution is 6.03. The fourth-order valence-corrected chi connectivity index (χ4v) is 3.87. The number of carbonyl (C=O) groups is 2. The molecular formula is C23H26N6O4. The SMILES string of the molecule is CCCc1cc(=O)[nH]c(-n2nc(C)cc2NC(=O)[C@H]2CC(=O)N(c3cccc(OC)c3)C2)n1. The second-order valence-electron chi connectivity index (χ2n) is 7.99. The van der Waals surface area contributed by atoms with Gasteiger partial charge in [0.1, 0.15) is 11.6 Å². The maximum Gasteiger partial charge on any atom is 0.252 e. The molecule has 10 heteroatoms. The molecule has 1 saturated heterocycles. The van der Waals surface area contributed by atoms with E-state index in [1.807, 2.05) is 13.0 Å². The predicted octanol–water partition coefficient (Wildman–Crippen LogP) is 2.22. The first-order valence-corrected chi connectivity index (χ1v) is 10.8. The number of ether oxygens (including phenoxy) is 1. The van der Waals surface area contributed by atoms with Crippen LogP contribution in [0.15, 0.2) is 41.2 Å². The summed E-state index contributed by atoms with van der Waals surface area (Å²) in [7, 11) is 1.56. The van der Waals surface area contributed by atoms with Gasteiger partial charge in [0, 0.05) is 42.5 Å². The molecule has 3 aromatic rings. The standard InChI is InChI=1S/C23H26N6O4/c1-4-6-16-11-20(30)26-23(24-16)29-19(9-14(2)27-29)25-22(32)15-10-21(31)28(13-15)17-7-5-8-18(12-17)33-3/h5,7-9,11-12,15H,4,6,10,13H2,1-3H3,(H,25,32)(H,24,26,30)/t15-/m0/s1. The van der Waals surface area contributed by atoms with Crippen LogP contribution >= 0.6 is 0 Å². The van der Waals surface area contributed by atoms with E-state index in [9.17, 15) is 14.4 Å². The minimum Gasteiger partial charge on any atom is -0.497 e. The van der Waals surface area contributed by atoms with Crippen LogP contribution in [0, 0.1) is 12.8 Å². The summed E-state index contributed by atoms with van der Waals surface area (Å²) in [4.78, 5) is 46.5. The van der Waals surface area contributed by atoms with Gasteiger partial charge in [-0.15, -0.1) is 0 Å². The summed E-state index contributed by atoms with van der Waals surface area (Å²) in [5.74, 6) is 0.273. The summed E-state index contributed by atoms with van der Waals surface area (Å²) in [5, 5.41) is 7.23. The Hall–Kier alpha value is -3.95. The zero-order valence-corrected chi connectivity index (χ0v) is 18.8. The minimum atomic E-state index is -0.536. The van der Waals surface area contributed by atoms with Gasteiger partial charge in [-0.2, -0.15) is 9.78 Å². The van der Waals surface area contributed by atoms with Crippen LogP contribution in [0.25, 0.3) is 5.95 Å². The quantitative estimate of drug-likeness (QED) is 0.569. The number of hydrogen-bond donors (Lipinski definition) is 2. The van der Waals surface area contributed by atoms with Crippen molar-refractivity contribution in [2.45, 2.75) is 33.1 Å². The number of amides is 2. The number of aromatic amines is 1. The first-order valence-electron chi connectivity index (χ1n) is 10.8. The molecule has 4 rings (SSSR count). The summed E-state index contributed by atoms with van der Waals surface area (Å²) < 4.78 is 6.64. The molecule has 3 heterocycles. The van der Waals surface area contributed by atoms with Gasteiger partial charge in [0.05, 0.1) is 18.7 Å². The number of benzene rings is 1. The Bertz CT molecular complexity index is 1250. The Morgan fingerprint density at radius 1 is 1.27 bits per heavy atom. The van der Waals surface area contributed by atoms with Crippen molar-refractivity contribution in [3.63, 3.8) is 0 Å². The fourth-order valence-electron chi connectivity index (χ4n) is 3.87. The lowest BCUT2D eigenvalue weighted by molar-refractivity contribution is -0.122. The number of aryl methyl sites for hydroxylation is 2. The van der Waals surface area contributed by atoms with Crippen LogP contribution in [0.1, 0.15) is 31.2 Å². The molecule has 1 atom stereocenters. The lowest BCUT2D eigenvalue weighted by Gasteiger charge is -2.17. The number of carbonyl (C=O) groups excluding carboxylic acids is 2. The lowest BCUT2D eigenvalue weighted by Crippen LogP contribution is -2.29. The third-order valence-corrected chi connectivity index (χ3v) is 5.43. The molecule has 0 aliphatic carbocycles. The average molecular weight is 450 g/mol. The Morgan fingerprint density at radius 3 is 2.85 bits per heavy atom. The van der Waals surface area contributed by atoms with E-state index in [1.165, 1.54) is 10.7 Å². The van der Waals surface area contributed by atoms with Gasteiger partial charge in [-0.05, 0) is 25.5 Å². The van der Waals surface area contributed by atoms with E-state index >= 15 is 0 Å². The lowest BCUT2D eigenvalue weighted by atomic mass is 10.1. The van der Waals surface area contributed by atoms with E-state index in [0.717, 1.165) is 6.42 Å². The van der Waals surface area contributed by atoms with Crippen LogP contribution in [-0.4, -0.2) is 45.2 Å². The average Bonchev–Trinajstić information content (AvgIpc) is 3.36. The first kappa shape index (κ1) is 22.3. The van der Waals surface area contributed by atoms with Crippen LogP contribution in [0.2, 0.25) is 0 Å². The molecule has 0 bridgehead atoms. The van der Waals surface area contributed by atoms with Crippen LogP contribution in [-0.2, 0) is 16.0 Å². The summed E-state index contributed by atoms with van der Waals surface area (Å²) >= 11 is 0. The molecule has 172 valence electrons. The third kappa shape index (κ3) is 4.79. The molecule has 1 aliphatic heterocycles. The van der Waals surface area contributed by atoms with Gasteiger partial charge in [-0.25, -0.2) is 4.98 Å². The number of aromatic nitrogens is 4. The summed E-state index contributed by atoms with van der Waals surface area (Å²) in [5.41, 5.74) is 1.70. The van der Waals surface area contributed by atoms with Crippen molar-refractivity contribution in [1.82, 2.24) is 19.7 Å². The Labute approximate surface area is 190 Å². The van der Waals surface area contributed by atoms with Gasteiger partial charge in [-0.1, -0.05) is 19.4 Å². The maximum absolute atomic E-state index is 13.0. The third-order valence-electron chi connectivity index (χ3n) is 5.43. The van der Waals surface area contributed by atoms with E-state index in [-0.39, 0.29) is 36.3 Å². The van der Waals surface area contributed by atoms with Crippen molar-refractivity contribution in [2.75, 3.05) is 23.9 Å². The van der Waals surface area contributed by atoms with E-state index in [0.29, 0.717) is 35.1 Å². The van der Waals surface area contributed by atoms with E-state index in [1.54, 1.807) is 43.2 Å². The number of rotatable bonds is 7. The predicted molar refractivity (Wildman–Crippen MR) is 123 cm³/mol. The number of H-pyrrole nitrogens is 1. The van der Waals surface area contributed by atoms with Crippen LogP contribution < -0.4 is 20.5 Å². The van der Waals surface area contributed by atoms with E-state index in [2.05, 4.69) is 20.4 Å². The number of hydrogen-bond acceptors (Lipinski definition) is 6. The highest BCUT2D eigenvalue weighted by Crippen LogP contribution is 2.28. The highest BCUT2D eigenvalue weighted by atomic mass is 16.5. The van der Waals surface area contributed by atoms with Gasteiger partial charge in [0.2, 0.25) is 17.8 Å². The highest BCUT2D eigenvalue weighted by Gasteiger charge is 2.35. The van der Waals surface area contributed by atoms with Crippen molar-refractivity contribution in [3.8, 4) is 11.7 Å². The Morgan fingerprint density at radius 2 is 2.09 bits per heavy atom. The molecule has 10 nitrogen and oxygen atoms in total. The van der Waals surface area contributed by atoms with Crippen molar-refractivity contribution in [1.29, 1.82) is 0 Å². The van der Waals surface area contributed by atoms with Crippen molar-refractivity contribution >= 4 is 23.3 Å². The monoisotopic (exact) mass is 450 g/mol. The molecule has 1 aliphatic rings. The molecule has 0 saturated carbocycles. The second-order valence-corrected chi connectivity index (χ2v) is 7.99. The molecule has 2 N–H and O–H groups in total. The molecule has 1 fully saturated rings. The Balaban J connectivity index is 1.54. The summed E-state index contributed by atoms with van der Waals surface area (Å²) in [6.07, 6.45) is 1.59. The van der Waals surface area contributed by atoms with Gasteiger partial charge in [0.15, 0.2) is 0 Å². The topological polar surface area (TPSA) is 122 Å². The summed E-state index contributed by atoms with van der Waals surface area (Å²) in [6.45, 7) is 4.04. The molecule has 1 aromatic carbocycles. The normalized spacial score (nSPS) is 15.7. The minimum absolute atomic E-state index is 0.0945. The van der Waals surface area contributed by atoms with Gasteiger partial charge in [0.25, 0.3) is 5.56 Å². The maximum atomic E-state index is 13.0. The number of nitrogens with zero attached hydrogens (tertiary/aromatic N) is 4. The number of nitrogens with one attached hydrogen (secondary N) is 2. The molecular weight excluding hydrogens is 424 g/mol. The molecule has 2 amide bonds.